The normalized spacial score (nSPS) is 15.3. The number of benzene rings is 3. The van der Waals surface area contributed by atoms with E-state index in [-0.39, 0.29) is 11.6 Å². The first-order valence-corrected chi connectivity index (χ1v) is 12.2. The summed E-state index contributed by atoms with van der Waals surface area (Å²) in [5.74, 6) is 1.11. The molecule has 1 aliphatic carbocycles. The van der Waals surface area contributed by atoms with Crippen molar-refractivity contribution in [1.29, 1.82) is 0 Å². The predicted molar refractivity (Wildman–Crippen MR) is 135 cm³/mol. The molecule has 1 fully saturated rings. The highest BCUT2D eigenvalue weighted by Gasteiger charge is 2.29. The van der Waals surface area contributed by atoms with Crippen LogP contribution >= 0.6 is 11.6 Å². The Morgan fingerprint density at radius 1 is 1.00 bits per heavy atom. The van der Waals surface area contributed by atoms with Gasteiger partial charge in [-0.25, -0.2) is 9.78 Å². The molecule has 1 unspecified atom stereocenters. The molecule has 0 aliphatic heterocycles. The van der Waals surface area contributed by atoms with Crippen LogP contribution in [0.2, 0.25) is 5.02 Å². The molecule has 4 aromatic rings. The lowest BCUT2D eigenvalue weighted by atomic mass is 9.83. The fraction of sp³-hybridized carbons (Fsp3) is 0.286. The zero-order chi connectivity index (χ0) is 23.5. The number of aromatic carboxylic acids is 1. The molecule has 1 atom stereocenters. The first kappa shape index (κ1) is 22.5. The maximum absolute atomic E-state index is 11.2. The number of rotatable bonds is 7. The minimum absolute atomic E-state index is 0.0949. The molecule has 5 nitrogen and oxygen atoms in total. The number of halogens is 1. The van der Waals surface area contributed by atoms with Crippen LogP contribution in [-0.2, 0) is 0 Å². The minimum atomic E-state index is -0.941. The molecule has 1 heterocycles. The molecule has 1 N–H and O–H groups in total. The van der Waals surface area contributed by atoms with Gasteiger partial charge in [-0.1, -0.05) is 43.0 Å². The van der Waals surface area contributed by atoms with Gasteiger partial charge < -0.3 is 14.4 Å². The van der Waals surface area contributed by atoms with Gasteiger partial charge in [0.25, 0.3) is 0 Å². The van der Waals surface area contributed by atoms with Crippen molar-refractivity contribution in [3.8, 4) is 17.1 Å². The molecule has 174 valence electrons. The number of nitrogens with zero attached hydrogens (tertiary/aromatic N) is 2. The number of fused-ring (bicyclic) bond motifs is 1. The highest BCUT2D eigenvalue weighted by Crippen LogP contribution is 2.38. The van der Waals surface area contributed by atoms with Crippen LogP contribution in [0.5, 0.6) is 5.75 Å². The van der Waals surface area contributed by atoms with E-state index < -0.39 is 5.97 Å². The predicted octanol–water partition coefficient (Wildman–Crippen LogP) is 7.26. The second-order valence-corrected chi connectivity index (χ2v) is 9.34. The van der Waals surface area contributed by atoms with Crippen molar-refractivity contribution < 1.29 is 14.6 Å². The van der Waals surface area contributed by atoms with E-state index in [1.54, 1.807) is 24.3 Å². The van der Waals surface area contributed by atoms with Crippen LogP contribution in [0.25, 0.3) is 22.4 Å². The molecule has 1 saturated carbocycles. The van der Waals surface area contributed by atoms with Gasteiger partial charge in [-0.3, -0.25) is 0 Å². The van der Waals surface area contributed by atoms with Gasteiger partial charge in [0.15, 0.2) is 0 Å². The second-order valence-electron chi connectivity index (χ2n) is 8.91. The van der Waals surface area contributed by atoms with Gasteiger partial charge in [-0.05, 0) is 79.4 Å². The zero-order valence-electron chi connectivity index (χ0n) is 18.9. The smallest absolute Gasteiger partial charge is 0.335 e. The maximum Gasteiger partial charge on any atom is 0.335 e. The van der Waals surface area contributed by atoms with Crippen molar-refractivity contribution in [3.63, 3.8) is 0 Å². The third-order valence-corrected chi connectivity index (χ3v) is 7.00. The third-order valence-electron chi connectivity index (χ3n) is 6.75. The van der Waals surface area contributed by atoms with Crippen LogP contribution in [0, 0.1) is 5.92 Å². The summed E-state index contributed by atoms with van der Waals surface area (Å²) in [7, 11) is 0. The zero-order valence-corrected chi connectivity index (χ0v) is 19.6. The SMILES string of the molecule is O=C(O)c1ccc(OCC(C2CCCCC2)n2c(-c3ccc(Cl)cc3)nc3ccccc32)cc1. The molecular formula is C28H27ClN2O3. The Labute approximate surface area is 204 Å². The van der Waals surface area contributed by atoms with Gasteiger partial charge in [0, 0.05) is 10.6 Å². The average Bonchev–Trinajstić information content (AvgIpc) is 3.25. The quantitative estimate of drug-likeness (QED) is 0.306. The Morgan fingerprint density at radius 3 is 2.41 bits per heavy atom. The first-order valence-electron chi connectivity index (χ1n) is 11.8. The number of carboxylic acid groups (broad SMARTS) is 1. The second kappa shape index (κ2) is 9.90. The number of ether oxygens (including phenoxy) is 1. The lowest BCUT2D eigenvalue weighted by molar-refractivity contribution is 0.0697. The number of imidazole rings is 1. The molecular weight excluding hydrogens is 448 g/mol. The number of aromatic nitrogens is 2. The Kier molecular flexibility index (Phi) is 6.54. The number of carboxylic acids is 1. The number of hydrogen-bond acceptors (Lipinski definition) is 3. The van der Waals surface area contributed by atoms with Crippen molar-refractivity contribution in [3.05, 3.63) is 83.4 Å². The van der Waals surface area contributed by atoms with E-state index in [2.05, 4.69) is 22.8 Å². The lowest BCUT2D eigenvalue weighted by Gasteiger charge is -2.32. The Morgan fingerprint density at radius 2 is 1.71 bits per heavy atom. The van der Waals surface area contributed by atoms with Gasteiger partial charge in [0.2, 0.25) is 0 Å². The first-order chi connectivity index (χ1) is 16.6. The van der Waals surface area contributed by atoms with E-state index in [4.69, 9.17) is 21.3 Å². The summed E-state index contributed by atoms with van der Waals surface area (Å²) in [6, 6.07) is 22.8. The van der Waals surface area contributed by atoms with Crippen LogP contribution in [0.15, 0.2) is 72.8 Å². The highest BCUT2D eigenvalue weighted by molar-refractivity contribution is 6.30. The molecule has 1 aliphatic rings. The summed E-state index contributed by atoms with van der Waals surface area (Å²) in [4.78, 5) is 16.2. The fourth-order valence-electron chi connectivity index (χ4n) is 5.00. The van der Waals surface area contributed by atoms with Crippen molar-refractivity contribution >= 4 is 28.6 Å². The largest absolute Gasteiger partial charge is 0.491 e. The summed E-state index contributed by atoms with van der Waals surface area (Å²) >= 11 is 6.17. The Hall–Kier alpha value is -3.31. The van der Waals surface area contributed by atoms with E-state index in [1.807, 2.05) is 30.3 Å². The highest BCUT2D eigenvalue weighted by atomic mass is 35.5. The molecule has 0 spiro atoms. The number of carbonyl (C=O) groups is 1. The summed E-state index contributed by atoms with van der Waals surface area (Å²) in [6.45, 7) is 0.484. The standard InChI is InChI=1S/C28H27ClN2O3/c29-22-14-10-20(11-15-22)27-30-24-8-4-5-9-25(24)31(27)26(19-6-2-1-3-7-19)18-34-23-16-12-21(13-17-23)28(32)33/h4-5,8-17,19,26H,1-3,6-7,18H2,(H,32,33). The molecule has 0 bridgehead atoms. The maximum atomic E-state index is 11.2. The van der Waals surface area contributed by atoms with Crippen LogP contribution < -0.4 is 4.74 Å². The van der Waals surface area contributed by atoms with Gasteiger partial charge in [0.1, 0.15) is 18.2 Å². The Balaban J connectivity index is 1.55. The summed E-state index contributed by atoms with van der Waals surface area (Å²) in [5, 5.41) is 9.88. The van der Waals surface area contributed by atoms with Crippen LogP contribution in [0.4, 0.5) is 0 Å². The number of hydrogen-bond donors (Lipinski definition) is 1. The summed E-state index contributed by atoms with van der Waals surface area (Å²) in [5.41, 5.74) is 3.32. The topological polar surface area (TPSA) is 64.3 Å². The molecule has 0 saturated heterocycles. The van der Waals surface area contributed by atoms with Crippen molar-refractivity contribution in [1.82, 2.24) is 9.55 Å². The molecule has 0 radical (unpaired) electrons. The van der Waals surface area contributed by atoms with Gasteiger partial charge >= 0.3 is 5.97 Å². The summed E-state index contributed by atoms with van der Waals surface area (Å²) in [6.07, 6.45) is 6.02. The van der Waals surface area contributed by atoms with E-state index in [0.29, 0.717) is 23.3 Å². The van der Waals surface area contributed by atoms with Crippen LogP contribution in [-0.4, -0.2) is 27.2 Å². The van der Waals surface area contributed by atoms with Crippen LogP contribution in [0.1, 0.15) is 48.5 Å². The van der Waals surface area contributed by atoms with Crippen LogP contribution in [0.3, 0.4) is 0 Å². The fourth-order valence-corrected chi connectivity index (χ4v) is 5.12. The molecule has 3 aromatic carbocycles. The van der Waals surface area contributed by atoms with E-state index in [0.717, 1.165) is 35.3 Å². The van der Waals surface area contributed by atoms with Crippen molar-refractivity contribution in [2.45, 2.75) is 38.1 Å². The van der Waals surface area contributed by atoms with Crippen molar-refractivity contribution in [2.24, 2.45) is 5.92 Å². The third kappa shape index (κ3) is 4.66. The minimum Gasteiger partial charge on any atom is -0.491 e. The van der Waals surface area contributed by atoms with Gasteiger partial charge in [0.05, 0.1) is 22.6 Å². The van der Waals surface area contributed by atoms with E-state index in [1.165, 1.54) is 19.3 Å². The van der Waals surface area contributed by atoms with Gasteiger partial charge in [-0.15, -0.1) is 0 Å². The summed E-state index contributed by atoms with van der Waals surface area (Å²) < 4.78 is 8.62. The average molecular weight is 475 g/mol. The Bertz CT molecular complexity index is 1280. The number of para-hydroxylation sites is 2. The molecule has 5 rings (SSSR count). The molecule has 6 heteroatoms. The van der Waals surface area contributed by atoms with E-state index in [9.17, 15) is 9.90 Å². The van der Waals surface area contributed by atoms with E-state index >= 15 is 0 Å². The van der Waals surface area contributed by atoms with Crippen molar-refractivity contribution in [2.75, 3.05) is 6.61 Å². The molecule has 34 heavy (non-hydrogen) atoms. The molecule has 1 aromatic heterocycles. The monoisotopic (exact) mass is 474 g/mol. The van der Waals surface area contributed by atoms with Gasteiger partial charge in [-0.2, -0.15) is 0 Å². The lowest BCUT2D eigenvalue weighted by Crippen LogP contribution is -2.28. The molecule has 0 amide bonds.